The van der Waals surface area contributed by atoms with E-state index in [1.807, 2.05) is 0 Å². The van der Waals surface area contributed by atoms with Crippen molar-refractivity contribution in [3.8, 4) is 17.1 Å². The van der Waals surface area contributed by atoms with E-state index in [1.165, 1.54) is 46.2 Å². The Hall–Kier alpha value is -3.66. The molecule has 0 N–H and O–H groups in total. The van der Waals surface area contributed by atoms with Gasteiger partial charge < -0.3 is 9.32 Å². The van der Waals surface area contributed by atoms with E-state index in [1.54, 1.807) is 12.1 Å². The van der Waals surface area contributed by atoms with Crippen molar-refractivity contribution in [2.24, 2.45) is 0 Å². The van der Waals surface area contributed by atoms with Gasteiger partial charge in [-0.25, -0.2) is 9.07 Å². The van der Waals surface area contributed by atoms with Gasteiger partial charge in [0, 0.05) is 23.4 Å². The van der Waals surface area contributed by atoms with Crippen molar-refractivity contribution in [2.75, 3.05) is 4.90 Å². The molecule has 4 aromatic rings. The molecule has 0 saturated carbocycles. The number of carbonyl (C=O) groups excluding carboxylic acids is 1. The fourth-order valence-electron chi connectivity index (χ4n) is 3.41. The van der Waals surface area contributed by atoms with Crippen LogP contribution in [0.15, 0.2) is 53.2 Å². The SMILES string of the molecule is O=C1c2cc(-c3nnc(C(F)F)o3)ccc2CN1c1ccc(F)cc1-n1cc(Cl)cn1. The lowest BCUT2D eigenvalue weighted by Crippen LogP contribution is -2.24. The lowest BCUT2D eigenvalue weighted by molar-refractivity contribution is 0.0996. The molecule has 1 aliphatic rings. The molecule has 0 atom stereocenters. The van der Waals surface area contributed by atoms with Gasteiger partial charge >= 0.3 is 6.43 Å². The van der Waals surface area contributed by atoms with Crippen molar-refractivity contribution in [1.29, 1.82) is 0 Å². The zero-order chi connectivity index (χ0) is 21.7. The lowest BCUT2D eigenvalue weighted by Gasteiger charge is -2.19. The predicted molar refractivity (Wildman–Crippen MR) is 104 cm³/mol. The van der Waals surface area contributed by atoms with Crippen LogP contribution >= 0.6 is 11.6 Å². The number of carbonyl (C=O) groups is 1. The smallest absolute Gasteiger partial charge is 0.314 e. The molecule has 2 aromatic heterocycles. The minimum absolute atomic E-state index is 0.113. The molecular formula is C20H11ClF3N5O2. The molecule has 0 spiro atoms. The number of nitrogens with zero attached hydrogens (tertiary/aromatic N) is 5. The van der Waals surface area contributed by atoms with Gasteiger partial charge in [-0.3, -0.25) is 4.79 Å². The molecule has 5 rings (SSSR count). The number of aromatic nitrogens is 4. The molecule has 0 unspecified atom stereocenters. The van der Waals surface area contributed by atoms with Crippen LogP contribution in [0.2, 0.25) is 5.02 Å². The Morgan fingerprint density at radius 2 is 1.94 bits per heavy atom. The molecular weight excluding hydrogens is 435 g/mol. The van der Waals surface area contributed by atoms with Crippen LogP contribution in [-0.2, 0) is 6.54 Å². The Kier molecular flexibility index (Phi) is 4.51. The number of rotatable bonds is 4. The quantitative estimate of drug-likeness (QED) is 0.450. The highest BCUT2D eigenvalue weighted by molar-refractivity contribution is 6.30. The zero-order valence-electron chi connectivity index (χ0n) is 15.5. The normalized spacial score (nSPS) is 13.3. The summed E-state index contributed by atoms with van der Waals surface area (Å²) >= 11 is 5.94. The van der Waals surface area contributed by atoms with Crippen LogP contribution < -0.4 is 4.90 Å². The van der Waals surface area contributed by atoms with Crippen molar-refractivity contribution < 1.29 is 22.4 Å². The molecule has 3 heterocycles. The van der Waals surface area contributed by atoms with E-state index in [0.29, 0.717) is 33.1 Å². The van der Waals surface area contributed by atoms with Gasteiger partial charge in [0.05, 0.1) is 29.1 Å². The second-order valence-electron chi connectivity index (χ2n) is 6.75. The molecule has 31 heavy (non-hydrogen) atoms. The van der Waals surface area contributed by atoms with Crippen molar-refractivity contribution >= 4 is 23.2 Å². The van der Waals surface area contributed by atoms with Crippen LogP contribution in [0.3, 0.4) is 0 Å². The van der Waals surface area contributed by atoms with Crippen LogP contribution in [0.5, 0.6) is 0 Å². The van der Waals surface area contributed by atoms with Gasteiger partial charge in [-0.1, -0.05) is 17.7 Å². The highest BCUT2D eigenvalue weighted by atomic mass is 35.5. The maximum atomic E-state index is 13.9. The van der Waals surface area contributed by atoms with Gasteiger partial charge in [-0.05, 0) is 29.8 Å². The number of hydrogen-bond acceptors (Lipinski definition) is 5. The number of halogens is 4. The Morgan fingerprint density at radius 1 is 1.10 bits per heavy atom. The first kappa shape index (κ1) is 19.3. The summed E-state index contributed by atoms with van der Waals surface area (Å²) in [6.07, 6.45) is 0.0172. The van der Waals surface area contributed by atoms with Crippen LogP contribution in [0.25, 0.3) is 17.1 Å². The Bertz CT molecular complexity index is 1320. The molecule has 1 aliphatic heterocycles. The highest BCUT2D eigenvalue weighted by Crippen LogP contribution is 2.35. The molecule has 0 saturated heterocycles. The van der Waals surface area contributed by atoms with Crippen molar-refractivity contribution in [3.05, 3.63) is 76.6 Å². The van der Waals surface area contributed by atoms with Crippen molar-refractivity contribution in [1.82, 2.24) is 20.0 Å². The molecule has 0 fully saturated rings. The number of hydrogen-bond donors (Lipinski definition) is 0. The van der Waals surface area contributed by atoms with E-state index in [9.17, 15) is 18.0 Å². The monoisotopic (exact) mass is 445 g/mol. The van der Waals surface area contributed by atoms with Gasteiger partial charge in [0.1, 0.15) is 5.82 Å². The second kappa shape index (κ2) is 7.24. The molecule has 11 heteroatoms. The fraction of sp³-hybridized carbons (Fsp3) is 0.100. The summed E-state index contributed by atoms with van der Waals surface area (Å²) in [5, 5.41) is 11.4. The van der Waals surface area contributed by atoms with Gasteiger partial charge in [-0.2, -0.15) is 13.9 Å². The van der Waals surface area contributed by atoms with Crippen LogP contribution in [-0.4, -0.2) is 25.9 Å². The third kappa shape index (κ3) is 3.34. The summed E-state index contributed by atoms with van der Waals surface area (Å²) in [4.78, 5) is 14.6. The van der Waals surface area contributed by atoms with Crippen LogP contribution in [0.1, 0.15) is 28.2 Å². The van der Waals surface area contributed by atoms with E-state index in [0.717, 1.165) is 0 Å². The topological polar surface area (TPSA) is 77.0 Å². The van der Waals surface area contributed by atoms with Gasteiger partial charge in [0.25, 0.3) is 11.8 Å². The Morgan fingerprint density at radius 3 is 2.65 bits per heavy atom. The first-order chi connectivity index (χ1) is 14.9. The summed E-state index contributed by atoms with van der Waals surface area (Å²) in [6.45, 7) is 0.230. The number of anilines is 1. The van der Waals surface area contributed by atoms with Gasteiger partial charge in [-0.15, -0.1) is 10.2 Å². The molecule has 7 nitrogen and oxygen atoms in total. The van der Waals surface area contributed by atoms with Crippen LogP contribution in [0, 0.1) is 5.82 Å². The maximum Gasteiger partial charge on any atom is 0.314 e. The first-order valence-corrected chi connectivity index (χ1v) is 9.35. The fourth-order valence-corrected chi connectivity index (χ4v) is 3.54. The third-order valence-corrected chi connectivity index (χ3v) is 5.01. The van der Waals surface area contributed by atoms with E-state index in [2.05, 4.69) is 15.3 Å². The molecule has 2 aromatic carbocycles. The minimum atomic E-state index is -2.89. The summed E-state index contributed by atoms with van der Waals surface area (Å²) < 4.78 is 45.7. The third-order valence-electron chi connectivity index (χ3n) is 4.81. The van der Waals surface area contributed by atoms with E-state index in [4.69, 9.17) is 16.0 Å². The summed E-state index contributed by atoms with van der Waals surface area (Å²) in [5.41, 5.74) is 2.17. The number of benzene rings is 2. The van der Waals surface area contributed by atoms with Crippen molar-refractivity contribution in [3.63, 3.8) is 0 Å². The lowest BCUT2D eigenvalue weighted by atomic mass is 10.1. The molecule has 0 radical (unpaired) electrons. The average Bonchev–Trinajstić information content (AvgIpc) is 3.47. The molecule has 0 aliphatic carbocycles. The molecule has 156 valence electrons. The second-order valence-corrected chi connectivity index (χ2v) is 7.18. The number of alkyl halides is 2. The minimum Gasteiger partial charge on any atom is -0.415 e. The Balaban J connectivity index is 1.52. The number of amides is 1. The largest absolute Gasteiger partial charge is 0.415 e. The van der Waals surface area contributed by atoms with E-state index < -0.39 is 18.1 Å². The standard InChI is InChI=1S/C20H11ClF3N5O2/c21-12-7-25-29(9-12)16-6-13(22)3-4-15(16)28-8-11-2-1-10(5-14(11)20(28)30)18-26-27-19(31-18)17(23)24/h1-7,9,17H,8H2. The predicted octanol–water partition coefficient (Wildman–Crippen LogP) is 4.81. The van der Waals surface area contributed by atoms with Crippen molar-refractivity contribution in [2.45, 2.75) is 13.0 Å². The van der Waals surface area contributed by atoms with Gasteiger partial charge in [0.15, 0.2) is 0 Å². The zero-order valence-corrected chi connectivity index (χ0v) is 16.2. The average molecular weight is 446 g/mol. The summed E-state index contributed by atoms with van der Waals surface area (Å²) in [5.74, 6) is -1.75. The van der Waals surface area contributed by atoms with Crippen LogP contribution in [0.4, 0.5) is 18.9 Å². The highest BCUT2D eigenvalue weighted by Gasteiger charge is 2.31. The maximum absolute atomic E-state index is 13.9. The Labute approximate surface area is 177 Å². The first-order valence-electron chi connectivity index (χ1n) is 8.97. The van der Waals surface area contributed by atoms with Gasteiger partial charge in [0.2, 0.25) is 5.89 Å². The number of fused-ring (bicyclic) bond motifs is 1. The summed E-state index contributed by atoms with van der Waals surface area (Å²) in [7, 11) is 0. The van der Waals surface area contributed by atoms with E-state index in [-0.39, 0.29) is 18.3 Å². The van der Waals surface area contributed by atoms with E-state index >= 15 is 0 Å². The molecule has 0 bridgehead atoms. The molecule has 1 amide bonds. The summed E-state index contributed by atoms with van der Waals surface area (Å²) in [6, 6.07) is 8.78.